The molecule has 0 amide bonds. The molecule has 3 aromatic rings. The molecule has 29 heavy (non-hydrogen) atoms. The molecule has 148 valence electrons. The average molecular weight is 391 g/mol. The Balaban J connectivity index is 1.27. The Morgan fingerprint density at radius 3 is 2.62 bits per heavy atom. The first-order valence-electron chi connectivity index (χ1n) is 9.47. The highest BCUT2D eigenvalue weighted by Crippen LogP contribution is 2.32. The van der Waals surface area contributed by atoms with Gasteiger partial charge < -0.3 is 9.47 Å². The van der Waals surface area contributed by atoms with Crippen molar-refractivity contribution in [1.82, 2.24) is 14.8 Å². The van der Waals surface area contributed by atoms with Crippen LogP contribution in [0.2, 0.25) is 0 Å². The van der Waals surface area contributed by atoms with Gasteiger partial charge in [0.05, 0.1) is 17.2 Å². The summed E-state index contributed by atoms with van der Waals surface area (Å²) in [7, 11) is 0. The summed E-state index contributed by atoms with van der Waals surface area (Å²) >= 11 is 0. The van der Waals surface area contributed by atoms with Gasteiger partial charge in [-0.1, -0.05) is 30.3 Å². The Morgan fingerprint density at radius 2 is 1.93 bits per heavy atom. The van der Waals surface area contributed by atoms with Crippen LogP contribution in [-0.2, 0) is 20.9 Å². The second-order valence-electron chi connectivity index (χ2n) is 7.13. The predicted octanol–water partition coefficient (Wildman–Crippen LogP) is 3.25. The second-order valence-corrected chi connectivity index (χ2v) is 7.13. The van der Waals surface area contributed by atoms with Gasteiger partial charge in [-0.3, -0.25) is 4.79 Å². The first-order valence-corrected chi connectivity index (χ1v) is 9.47. The van der Waals surface area contributed by atoms with E-state index in [4.69, 9.17) is 9.47 Å². The molecule has 1 fully saturated rings. The molecular formula is C22H21N3O4. The molecule has 1 aliphatic carbocycles. The lowest BCUT2D eigenvalue weighted by Crippen LogP contribution is -2.38. The lowest BCUT2D eigenvalue weighted by atomic mass is 9.82. The van der Waals surface area contributed by atoms with Gasteiger partial charge in [0.25, 0.3) is 0 Å². The largest absolute Gasteiger partial charge is 0.461 e. The zero-order valence-corrected chi connectivity index (χ0v) is 16.0. The molecule has 0 radical (unpaired) electrons. The fraction of sp³-hybridized carbons (Fsp3) is 0.273. The molecule has 0 N–H and O–H groups in total. The minimum atomic E-state index is -0.381. The highest BCUT2D eigenvalue weighted by Gasteiger charge is 2.38. The smallest absolute Gasteiger partial charge is 0.338 e. The van der Waals surface area contributed by atoms with E-state index in [-0.39, 0.29) is 30.6 Å². The standard InChI is InChI=1S/C22H21N3O4/c1-15-9-18(25-14-23-13-24-25)7-8-20(15)22(27)29-19-10-17(11-19)21(26)28-12-16-5-3-2-4-6-16/h2-9,13-14,17,19H,10-12H2,1H3. The molecule has 2 aromatic carbocycles. The summed E-state index contributed by atoms with van der Waals surface area (Å²) in [5.41, 5.74) is 3.07. The van der Waals surface area contributed by atoms with Crippen molar-refractivity contribution in [3.05, 3.63) is 77.9 Å². The van der Waals surface area contributed by atoms with Crippen LogP contribution in [0.25, 0.3) is 5.69 Å². The molecule has 0 bridgehead atoms. The van der Waals surface area contributed by atoms with E-state index in [0.29, 0.717) is 18.4 Å². The van der Waals surface area contributed by atoms with E-state index in [1.54, 1.807) is 23.1 Å². The van der Waals surface area contributed by atoms with E-state index in [2.05, 4.69) is 10.1 Å². The van der Waals surface area contributed by atoms with Crippen molar-refractivity contribution in [3.8, 4) is 5.69 Å². The van der Waals surface area contributed by atoms with Crippen LogP contribution in [0.1, 0.15) is 34.3 Å². The van der Waals surface area contributed by atoms with Crippen molar-refractivity contribution in [1.29, 1.82) is 0 Å². The fourth-order valence-corrected chi connectivity index (χ4v) is 3.28. The predicted molar refractivity (Wildman–Crippen MR) is 104 cm³/mol. The van der Waals surface area contributed by atoms with Gasteiger partial charge in [0.1, 0.15) is 25.4 Å². The number of benzene rings is 2. The monoisotopic (exact) mass is 391 g/mol. The van der Waals surface area contributed by atoms with E-state index in [1.165, 1.54) is 6.33 Å². The zero-order chi connectivity index (χ0) is 20.2. The molecule has 0 atom stereocenters. The van der Waals surface area contributed by atoms with Crippen molar-refractivity contribution in [2.24, 2.45) is 5.92 Å². The van der Waals surface area contributed by atoms with Crippen molar-refractivity contribution in [3.63, 3.8) is 0 Å². The molecule has 4 rings (SSSR count). The molecule has 1 aliphatic rings. The van der Waals surface area contributed by atoms with Crippen LogP contribution in [0.3, 0.4) is 0 Å². The number of carbonyl (C=O) groups excluding carboxylic acids is 2. The Morgan fingerprint density at radius 1 is 1.14 bits per heavy atom. The molecule has 0 unspecified atom stereocenters. The summed E-state index contributed by atoms with van der Waals surface area (Å²) in [6.45, 7) is 2.11. The normalized spacial score (nSPS) is 18.0. The molecule has 1 heterocycles. The number of ether oxygens (including phenoxy) is 2. The first-order chi connectivity index (χ1) is 14.1. The van der Waals surface area contributed by atoms with Crippen molar-refractivity contribution in [2.75, 3.05) is 0 Å². The van der Waals surface area contributed by atoms with Crippen LogP contribution in [0.15, 0.2) is 61.2 Å². The van der Waals surface area contributed by atoms with Gasteiger partial charge in [-0.05, 0) is 49.1 Å². The van der Waals surface area contributed by atoms with Crippen LogP contribution in [0.4, 0.5) is 0 Å². The highest BCUT2D eigenvalue weighted by atomic mass is 16.6. The van der Waals surface area contributed by atoms with Crippen LogP contribution in [-0.4, -0.2) is 32.8 Å². The summed E-state index contributed by atoms with van der Waals surface area (Å²) in [6, 6.07) is 14.9. The quantitative estimate of drug-likeness (QED) is 0.600. The van der Waals surface area contributed by atoms with Gasteiger partial charge in [0.2, 0.25) is 0 Å². The zero-order valence-electron chi connectivity index (χ0n) is 16.0. The molecule has 0 aliphatic heterocycles. The Bertz CT molecular complexity index is 996. The number of aryl methyl sites for hydroxylation is 1. The number of hydrogen-bond acceptors (Lipinski definition) is 6. The third kappa shape index (κ3) is 4.34. The number of aromatic nitrogens is 3. The van der Waals surface area contributed by atoms with Crippen LogP contribution in [0.5, 0.6) is 0 Å². The van der Waals surface area contributed by atoms with Gasteiger partial charge in [-0.2, -0.15) is 5.10 Å². The fourth-order valence-electron chi connectivity index (χ4n) is 3.28. The maximum absolute atomic E-state index is 12.5. The maximum atomic E-state index is 12.5. The number of rotatable bonds is 6. The van der Waals surface area contributed by atoms with Crippen molar-refractivity contribution < 1.29 is 19.1 Å². The van der Waals surface area contributed by atoms with Gasteiger partial charge in [-0.15, -0.1) is 0 Å². The number of carbonyl (C=O) groups is 2. The molecule has 0 spiro atoms. The number of esters is 2. The molecule has 0 saturated heterocycles. The molecule has 7 heteroatoms. The highest BCUT2D eigenvalue weighted by molar-refractivity contribution is 5.91. The van der Waals surface area contributed by atoms with Crippen LogP contribution < -0.4 is 0 Å². The molecule has 1 saturated carbocycles. The van der Waals surface area contributed by atoms with Crippen LogP contribution >= 0.6 is 0 Å². The molecular weight excluding hydrogens is 370 g/mol. The topological polar surface area (TPSA) is 83.3 Å². The van der Waals surface area contributed by atoms with Gasteiger partial charge >= 0.3 is 11.9 Å². The van der Waals surface area contributed by atoms with Crippen LogP contribution in [0, 0.1) is 12.8 Å². The lowest BCUT2D eigenvalue weighted by Gasteiger charge is -2.33. The Hall–Kier alpha value is -3.48. The van der Waals surface area contributed by atoms with Gasteiger partial charge in [-0.25, -0.2) is 14.5 Å². The summed E-state index contributed by atoms with van der Waals surface area (Å²) < 4.78 is 12.5. The SMILES string of the molecule is Cc1cc(-n2cncn2)ccc1C(=O)OC1CC(C(=O)OCc2ccccc2)C1. The summed E-state index contributed by atoms with van der Waals surface area (Å²) in [6.07, 6.45) is 3.78. The average Bonchev–Trinajstić information content (AvgIpc) is 3.24. The van der Waals surface area contributed by atoms with E-state index in [1.807, 2.05) is 43.3 Å². The van der Waals surface area contributed by atoms with Crippen molar-refractivity contribution >= 4 is 11.9 Å². The lowest BCUT2D eigenvalue weighted by molar-refractivity contribution is -0.157. The second kappa shape index (κ2) is 8.26. The van der Waals surface area contributed by atoms with E-state index in [9.17, 15) is 9.59 Å². The number of nitrogens with zero attached hydrogens (tertiary/aromatic N) is 3. The third-order valence-electron chi connectivity index (χ3n) is 5.04. The van der Waals surface area contributed by atoms with Gasteiger partial charge in [0, 0.05) is 0 Å². The summed E-state index contributed by atoms with van der Waals surface area (Å²) in [5, 5.41) is 4.08. The van der Waals surface area contributed by atoms with Gasteiger partial charge in [0.15, 0.2) is 0 Å². The van der Waals surface area contributed by atoms with E-state index >= 15 is 0 Å². The first kappa shape index (κ1) is 18.9. The third-order valence-corrected chi connectivity index (χ3v) is 5.04. The van der Waals surface area contributed by atoms with Crippen molar-refractivity contribution in [2.45, 2.75) is 32.5 Å². The van der Waals surface area contributed by atoms with E-state index in [0.717, 1.165) is 16.8 Å². The molecule has 1 aromatic heterocycles. The van der Waals surface area contributed by atoms with E-state index < -0.39 is 0 Å². The Kier molecular flexibility index (Phi) is 5.37. The molecule has 7 nitrogen and oxygen atoms in total. The maximum Gasteiger partial charge on any atom is 0.338 e. The summed E-state index contributed by atoms with van der Waals surface area (Å²) in [5.74, 6) is -0.837. The minimum Gasteiger partial charge on any atom is -0.461 e. The summed E-state index contributed by atoms with van der Waals surface area (Å²) in [4.78, 5) is 28.5. The minimum absolute atomic E-state index is 0.215. The Labute approximate surface area is 168 Å². The number of hydrogen-bond donors (Lipinski definition) is 0.